The first-order chi connectivity index (χ1) is 7.10. The van der Waals surface area contributed by atoms with Crippen LogP contribution in [0.4, 0.5) is 0 Å². The molecule has 2 aliphatic rings. The Morgan fingerprint density at radius 1 is 1.13 bits per heavy atom. The summed E-state index contributed by atoms with van der Waals surface area (Å²) in [5, 5.41) is 10.1. The molecular weight excluding hydrogens is 184 g/mol. The van der Waals surface area contributed by atoms with Gasteiger partial charge in [-0.25, -0.2) is 0 Å². The van der Waals surface area contributed by atoms with Gasteiger partial charge < -0.3 is 5.11 Å². The Bertz CT molecular complexity index is 394. The smallest absolute Gasteiger partial charge is 0.0628 e. The van der Waals surface area contributed by atoms with Gasteiger partial charge in [0.2, 0.25) is 0 Å². The Morgan fingerprint density at radius 2 is 1.73 bits per heavy atom. The first kappa shape index (κ1) is 9.41. The Hall–Kier alpha value is -0.820. The van der Waals surface area contributed by atoms with Gasteiger partial charge >= 0.3 is 0 Å². The molecule has 0 radical (unpaired) electrons. The molecule has 3 rings (SSSR count). The number of rotatable bonds is 0. The molecule has 1 fully saturated rings. The van der Waals surface area contributed by atoms with Gasteiger partial charge in [0.05, 0.1) is 6.10 Å². The van der Waals surface area contributed by atoms with Crippen LogP contribution < -0.4 is 0 Å². The van der Waals surface area contributed by atoms with E-state index in [1.807, 2.05) is 0 Å². The molecule has 1 nitrogen and oxygen atoms in total. The van der Waals surface area contributed by atoms with E-state index in [0.717, 1.165) is 12.8 Å². The zero-order chi connectivity index (χ0) is 10.6. The third-order valence-electron chi connectivity index (χ3n) is 4.65. The minimum atomic E-state index is -0.101. The van der Waals surface area contributed by atoms with Gasteiger partial charge in [0.25, 0.3) is 0 Å². The monoisotopic (exact) mass is 202 g/mol. The van der Waals surface area contributed by atoms with Crippen molar-refractivity contribution in [1.82, 2.24) is 0 Å². The SMILES string of the molecule is CC1(C)[C@H](O)[C@H]2Cc3ccccc3C[C@H]21. The Morgan fingerprint density at radius 3 is 2.40 bits per heavy atom. The summed E-state index contributed by atoms with van der Waals surface area (Å²) in [7, 11) is 0. The molecule has 0 aromatic heterocycles. The summed E-state index contributed by atoms with van der Waals surface area (Å²) in [6.07, 6.45) is 2.13. The molecule has 80 valence electrons. The second-order valence-electron chi connectivity index (χ2n) is 5.71. The van der Waals surface area contributed by atoms with E-state index in [9.17, 15) is 5.11 Å². The molecule has 15 heavy (non-hydrogen) atoms. The van der Waals surface area contributed by atoms with Gasteiger partial charge in [0.15, 0.2) is 0 Å². The van der Waals surface area contributed by atoms with Crippen molar-refractivity contribution in [3.63, 3.8) is 0 Å². The highest BCUT2D eigenvalue weighted by molar-refractivity contribution is 5.33. The largest absolute Gasteiger partial charge is 0.392 e. The third-order valence-corrected chi connectivity index (χ3v) is 4.65. The molecule has 1 aromatic carbocycles. The van der Waals surface area contributed by atoms with Crippen LogP contribution in [0.1, 0.15) is 25.0 Å². The van der Waals surface area contributed by atoms with E-state index in [-0.39, 0.29) is 11.5 Å². The molecule has 3 atom stereocenters. The topological polar surface area (TPSA) is 20.2 Å². The highest BCUT2D eigenvalue weighted by Gasteiger charge is 2.56. The predicted octanol–water partition coefficient (Wildman–Crippen LogP) is 2.42. The van der Waals surface area contributed by atoms with E-state index in [0.29, 0.717) is 11.8 Å². The minimum Gasteiger partial charge on any atom is -0.392 e. The maximum absolute atomic E-state index is 10.1. The number of fused-ring (bicyclic) bond motifs is 2. The van der Waals surface area contributed by atoms with Crippen molar-refractivity contribution in [3.05, 3.63) is 35.4 Å². The number of benzene rings is 1. The quantitative estimate of drug-likeness (QED) is 0.685. The van der Waals surface area contributed by atoms with E-state index in [2.05, 4.69) is 38.1 Å². The van der Waals surface area contributed by atoms with Crippen LogP contribution in [0.2, 0.25) is 0 Å². The van der Waals surface area contributed by atoms with Gasteiger partial charge in [0, 0.05) is 0 Å². The lowest BCUT2D eigenvalue weighted by Crippen LogP contribution is -2.60. The molecule has 0 saturated heterocycles. The van der Waals surface area contributed by atoms with Crippen LogP contribution in [0.15, 0.2) is 24.3 Å². The molecule has 0 bridgehead atoms. The highest BCUT2D eigenvalue weighted by atomic mass is 16.3. The summed E-state index contributed by atoms with van der Waals surface area (Å²) >= 11 is 0. The molecule has 1 N–H and O–H groups in total. The number of hydrogen-bond acceptors (Lipinski definition) is 1. The molecule has 0 unspecified atom stereocenters. The van der Waals surface area contributed by atoms with Gasteiger partial charge in [-0.15, -0.1) is 0 Å². The fourth-order valence-electron chi connectivity index (χ4n) is 3.54. The van der Waals surface area contributed by atoms with Crippen molar-refractivity contribution in [3.8, 4) is 0 Å². The number of hydrogen-bond donors (Lipinski definition) is 1. The molecule has 0 heterocycles. The maximum Gasteiger partial charge on any atom is 0.0628 e. The van der Waals surface area contributed by atoms with Gasteiger partial charge in [0.1, 0.15) is 0 Å². The summed E-state index contributed by atoms with van der Waals surface area (Å²) in [5.74, 6) is 1.19. The second kappa shape index (κ2) is 2.85. The van der Waals surface area contributed by atoms with E-state index in [1.54, 1.807) is 0 Å². The van der Waals surface area contributed by atoms with Gasteiger partial charge in [-0.2, -0.15) is 0 Å². The van der Waals surface area contributed by atoms with Crippen molar-refractivity contribution >= 4 is 0 Å². The first-order valence-electron chi connectivity index (χ1n) is 5.85. The lowest BCUT2D eigenvalue weighted by atomic mass is 9.48. The summed E-state index contributed by atoms with van der Waals surface area (Å²) in [5.41, 5.74) is 3.07. The Balaban J connectivity index is 1.96. The molecule has 0 spiro atoms. The molecule has 1 saturated carbocycles. The summed E-state index contributed by atoms with van der Waals surface area (Å²) < 4.78 is 0. The van der Waals surface area contributed by atoms with Crippen LogP contribution in [-0.4, -0.2) is 11.2 Å². The molecular formula is C14H18O. The molecule has 1 heteroatoms. The van der Waals surface area contributed by atoms with E-state index < -0.39 is 0 Å². The molecule has 0 aliphatic heterocycles. The van der Waals surface area contributed by atoms with Crippen molar-refractivity contribution in [2.45, 2.75) is 32.8 Å². The normalized spacial score (nSPS) is 36.3. The van der Waals surface area contributed by atoms with Gasteiger partial charge in [-0.05, 0) is 41.2 Å². The van der Waals surface area contributed by atoms with Crippen LogP contribution in [0, 0.1) is 17.3 Å². The van der Waals surface area contributed by atoms with Crippen LogP contribution >= 0.6 is 0 Å². The maximum atomic E-state index is 10.1. The van der Waals surface area contributed by atoms with Crippen LogP contribution in [0.25, 0.3) is 0 Å². The lowest BCUT2D eigenvalue weighted by molar-refractivity contribution is -0.162. The van der Waals surface area contributed by atoms with E-state index in [4.69, 9.17) is 0 Å². The van der Waals surface area contributed by atoms with E-state index >= 15 is 0 Å². The standard InChI is InChI=1S/C14H18O/c1-14(2)12-8-10-6-4-3-5-9(10)7-11(12)13(14)15/h3-6,11-13,15H,7-8H2,1-2H3/t11-,12+,13+/m0/s1. The Labute approximate surface area is 91.1 Å². The van der Waals surface area contributed by atoms with Crippen molar-refractivity contribution < 1.29 is 5.11 Å². The predicted molar refractivity (Wildman–Crippen MR) is 60.6 cm³/mol. The molecule has 2 aliphatic carbocycles. The zero-order valence-corrected chi connectivity index (χ0v) is 9.40. The highest BCUT2D eigenvalue weighted by Crippen LogP contribution is 2.55. The molecule has 1 aromatic rings. The van der Waals surface area contributed by atoms with Gasteiger partial charge in [-0.1, -0.05) is 38.1 Å². The van der Waals surface area contributed by atoms with E-state index in [1.165, 1.54) is 11.1 Å². The van der Waals surface area contributed by atoms with Crippen molar-refractivity contribution in [1.29, 1.82) is 0 Å². The van der Waals surface area contributed by atoms with Crippen LogP contribution in [0.5, 0.6) is 0 Å². The number of aliphatic hydroxyl groups excluding tert-OH is 1. The average Bonchev–Trinajstić information content (AvgIpc) is 2.27. The average molecular weight is 202 g/mol. The van der Waals surface area contributed by atoms with Gasteiger partial charge in [-0.3, -0.25) is 0 Å². The lowest BCUT2D eigenvalue weighted by Gasteiger charge is -2.58. The molecule has 0 amide bonds. The fourth-order valence-corrected chi connectivity index (χ4v) is 3.54. The summed E-state index contributed by atoms with van der Waals surface area (Å²) in [4.78, 5) is 0. The van der Waals surface area contributed by atoms with Crippen LogP contribution in [0.3, 0.4) is 0 Å². The Kier molecular flexibility index (Phi) is 1.79. The van der Waals surface area contributed by atoms with Crippen molar-refractivity contribution in [2.24, 2.45) is 17.3 Å². The second-order valence-corrected chi connectivity index (χ2v) is 5.71. The number of aliphatic hydroxyl groups is 1. The zero-order valence-electron chi connectivity index (χ0n) is 9.40. The van der Waals surface area contributed by atoms with Crippen LogP contribution in [-0.2, 0) is 12.8 Å². The third kappa shape index (κ3) is 1.13. The minimum absolute atomic E-state index is 0.101. The first-order valence-corrected chi connectivity index (χ1v) is 5.85. The summed E-state index contributed by atoms with van der Waals surface area (Å²) in [6.45, 7) is 4.40. The van der Waals surface area contributed by atoms with Crippen molar-refractivity contribution in [2.75, 3.05) is 0 Å². The fraction of sp³-hybridized carbons (Fsp3) is 0.571. The summed E-state index contributed by atoms with van der Waals surface area (Å²) in [6, 6.07) is 8.69.